The molecule has 2 N–H and O–H groups in total. The zero-order chi connectivity index (χ0) is 13.6. The van der Waals surface area contributed by atoms with Gasteiger partial charge in [-0.2, -0.15) is 0 Å². The van der Waals surface area contributed by atoms with Crippen molar-refractivity contribution in [1.82, 2.24) is 4.90 Å². The molecule has 0 aromatic carbocycles. The first kappa shape index (κ1) is 15.4. The molecule has 0 spiro atoms. The average Bonchev–Trinajstić information content (AvgIpc) is 2.36. The summed E-state index contributed by atoms with van der Waals surface area (Å²) in [4.78, 5) is 14.1. The van der Waals surface area contributed by atoms with Crippen LogP contribution in [0.1, 0.15) is 46.0 Å². The molecule has 0 radical (unpaired) electrons. The van der Waals surface area contributed by atoms with Gasteiger partial charge in [0.05, 0.1) is 6.10 Å². The van der Waals surface area contributed by atoms with Crippen LogP contribution in [-0.2, 0) is 9.53 Å². The van der Waals surface area contributed by atoms with Gasteiger partial charge < -0.3 is 15.4 Å². The lowest BCUT2D eigenvalue weighted by Crippen LogP contribution is -2.40. The van der Waals surface area contributed by atoms with Crippen LogP contribution in [0.2, 0.25) is 0 Å². The van der Waals surface area contributed by atoms with Gasteiger partial charge in [-0.1, -0.05) is 13.8 Å². The highest BCUT2D eigenvalue weighted by Gasteiger charge is 2.24. The first-order valence-corrected chi connectivity index (χ1v) is 6.99. The minimum Gasteiger partial charge on any atom is -0.381 e. The van der Waals surface area contributed by atoms with Crippen molar-refractivity contribution in [1.29, 1.82) is 0 Å². The molecule has 0 aromatic rings. The number of nitrogens with zero attached hydrogens (tertiary/aromatic N) is 1. The highest BCUT2D eigenvalue weighted by atomic mass is 16.5. The predicted molar refractivity (Wildman–Crippen MR) is 73.3 cm³/mol. The van der Waals surface area contributed by atoms with Gasteiger partial charge in [-0.05, 0) is 37.6 Å². The van der Waals surface area contributed by atoms with E-state index in [-0.39, 0.29) is 11.3 Å². The number of hydrogen-bond acceptors (Lipinski definition) is 3. The molecule has 0 aromatic heterocycles. The summed E-state index contributed by atoms with van der Waals surface area (Å²) in [5, 5.41) is 0. The molecule has 1 heterocycles. The third-order valence-electron chi connectivity index (χ3n) is 3.96. The minimum absolute atomic E-state index is 0.176. The van der Waals surface area contributed by atoms with Gasteiger partial charge in [-0.3, -0.25) is 4.79 Å². The third kappa shape index (κ3) is 4.94. The molecule has 1 rings (SSSR count). The van der Waals surface area contributed by atoms with Crippen LogP contribution in [0, 0.1) is 5.41 Å². The van der Waals surface area contributed by atoms with Crippen molar-refractivity contribution in [3.05, 3.63) is 0 Å². The van der Waals surface area contributed by atoms with Crippen molar-refractivity contribution in [3.63, 3.8) is 0 Å². The summed E-state index contributed by atoms with van der Waals surface area (Å²) in [5.74, 6) is 0.287. The van der Waals surface area contributed by atoms with Gasteiger partial charge in [0.25, 0.3) is 0 Å². The van der Waals surface area contributed by atoms with Crippen LogP contribution in [0.25, 0.3) is 0 Å². The van der Waals surface area contributed by atoms with Crippen LogP contribution in [0.4, 0.5) is 0 Å². The Kier molecular flexibility index (Phi) is 6.09. The number of likely N-dealkylation sites (tertiary alicyclic amines) is 1. The van der Waals surface area contributed by atoms with Crippen LogP contribution in [0.3, 0.4) is 0 Å². The maximum atomic E-state index is 12.1. The third-order valence-corrected chi connectivity index (χ3v) is 3.96. The van der Waals surface area contributed by atoms with Crippen LogP contribution in [-0.4, -0.2) is 43.7 Å². The summed E-state index contributed by atoms with van der Waals surface area (Å²) in [5.41, 5.74) is 5.76. The smallest absolute Gasteiger partial charge is 0.222 e. The molecule has 1 amide bonds. The molecular formula is C14H28N2O2. The molecule has 1 aliphatic heterocycles. The minimum atomic E-state index is 0.176. The topological polar surface area (TPSA) is 55.6 Å². The Bertz CT molecular complexity index is 259. The summed E-state index contributed by atoms with van der Waals surface area (Å²) in [6.45, 7) is 6.75. The number of carbonyl (C=O) groups is 1. The Labute approximate surface area is 111 Å². The maximum Gasteiger partial charge on any atom is 0.222 e. The van der Waals surface area contributed by atoms with E-state index < -0.39 is 0 Å². The SMILES string of the molecule is COC1CCN(C(=O)CCC(C)(C)CCN)CC1. The zero-order valence-electron chi connectivity index (χ0n) is 12.1. The Balaban J connectivity index is 2.29. The van der Waals surface area contributed by atoms with E-state index >= 15 is 0 Å². The lowest BCUT2D eigenvalue weighted by Gasteiger charge is -2.32. The maximum absolute atomic E-state index is 12.1. The van der Waals surface area contributed by atoms with Crippen molar-refractivity contribution in [2.24, 2.45) is 11.1 Å². The lowest BCUT2D eigenvalue weighted by molar-refractivity contribution is -0.134. The van der Waals surface area contributed by atoms with E-state index in [4.69, 9.17) is 10.5 Å². The zero-order valence-corrected chi connectivity index (χ0v) is 12.1. The fourth-order valence-corrected chi connectivity index (χ4v) is 2.46. The van der Waals surface area contributed by atoms with Crippen LogP contribution in [0.15, 0.2) is 0 Å². The van der Waals surface area contributed by atoms with E-state index in [9.17, 15) is 4.79 Å². The standard InChI is InChI=1S/C14H28N2O2/c1-14(2,8-9-15)7-4-13(17)16-10-5-12(18-3)6-11-16/h12H,4-11,15H2,1-3H3. The molecule has 0 unspecified atom stereocenters. The monoisotopic (exact) mass is 256 g/mol. The number of methoxy groups -OCH3 is 1. The van der Waals surface area contributed by atoms with Crippen molar-refractivity contribution in [2.45, 2.75) is 52.1 Å². The second-order valence-corrected chi connectivity index (χ2v) is 6.02. The molecule has 0 aliphatic carbocycles. The molecule has 18 heavy (non-hydrogen) atoms. The molecule has 1 aliphatic rings. The Morgan fingerprint density at radius 2 is 1.94 bits per heavy atom. The van der Waals surface area contributed by atoms with Crippen molar-refractivity contribution in [2.75, 3.05) is 26.7 Å². The van der Waals surface area contributed by atoms with Gasteiger partial charge in [-0.25, -0.2) is 0 Å². The van der Waals surface area contributed by atoms with E-state index in [1.807, 2.05) is 4.90 Å². The van der Waals surface area contributed by atoms with Gasteiger partial charge in [0.15, 0.2) is 0 Å². The quantitative estimate of drug-likeness (QED) is 0.788. The Morgan fingerprint density at radius 1 is 1.33 bits per heavy atom. The fraction of sp³-hybridized carbons (Fsp3) is 0.929. The number of rotatable bonds is 6. The van der Waals surface area contributed by atoms with Crippen molar-refractivity contribution < 1.29 is 9.53 Å². The van der Waals surface area contributed by atoms with E-state index in [0.29, 0.717) is 19.1 Å². The fourth-order valence-electron chi connectivity index (χ4n) is 2.46. The first-order valence-electron chi connectivity index (χ1n) is 6.99. The molecule has 0 saturated carbocycles. The highest BCUT2D eigenvalue weighted by Crippen LogP contribution is 2.26. The van der Waals surface area contributed by atoms with E-state index in [1.54, 1.807) is 7.11 Å². The molecule has 4 heteroatoms. The van der Waals surface area contributed by atoms with E-state index in [2.05, 4.69) is 13.8 Å². The van der Waals surface area contributed by atoms with Crippen LogP contribution >= 0.6 is 0 Å². The average molecular weight is 256 g/mol. The van der Waals surface area contributed by atoms with Gasteiger partial charge in [0, 0.05) is 26.6 Å². The van der Waals surface area contributed by atoms with E-state index in [1.165, 1.54) is 0 Å². The molecule has 1 fully saturated rings. The number of nitrogens with two attached hydrogens (primary N) is 1. The number of amides is 1. The van der Waals surface area contributed by atoms with Crippen molar-refractivity contribution >= 4 is 5.91 Å². The number of hydrogen-bond donors (Lipinski definition) is 1. The van der Waals surface area contributed by atoms with Gasteiger partial charge in [-0.15, -0.1) is 0 Å². The summed E-state index contributed by atoms with van der Waals surface area (Å²) < 4.78 is 5.31. The van der Waals surface area contributed by atoms with Crippen LogP contribution < -0.4 is 5.73 Å². The summed E-state index contributed by atoms with van der Waals surface area (Å²) in [7, 11) is 1.75. The second-order valence-electron chi connectivity index (χ2n) is 6.02. The number of piperidine rings is 1. The Hall–Kier alpha value is -0.610. The summed E-state index contributed by atoms with van der Waals surface area (Å²) in [6.07, 6.45) is 4.81. The molecular weight excluding hydrogens is 228 g/mol. The number of carbonyl (C=O) groups excluding carboxylic acids is 1. The highest BCUT2D eigenvalue weighted by molar-refractivity contribution is 5.76. The van der Waals surface area contributed by atoms with Gasteiger partial charge in [0.1, 0.15) is 0 Å². The van der Waals surface area contributed by atoms with Crippen molar-refractivity contribution in [3.8, 4) is 0 Å². The summed E-state index contributed by atoms with van der Waals surface area (Å²) in [6, 6.07) is 0. The second kappa shape index (κ2) is 7.10. The van der Waals surface area contributed by atoms with Crippen LogP contribution in [0.5, 0.6) is 0 Å². The first-order chi connectivity index (χ1) is 8.48. The number of ether oxygens (including phenoxy) is 1. The van der Waals surface area contributed by atoms with E-state index in [0.717, 1.165) is 38.8 Å². The molecule has 106 valence electrons. The Morgan fingerprint density at radius 3 is 2.44 bits per heavy atom. The lowest BCUT2D eigenvalue weighted by atomic mass is 9.84. The van der Waals surface area contributed by atoms with Gasteiger partial charge in [0.2, 0.25) is 5.91 Å². The molecule has 0 bridgehead atoms. The molecule has 4 nitrogen and oxygen atoms in total. The van der Waals surface area contributed by atoms with Gasteiger partial charge >= 0.3 is 0 Å². The molecule has 1 saturated heterocycles. The molecule has 0 atom stereocenters. The normalized spacial score (nSPS) is 18.1. The predicted octanol–water partition coefficient (Wildman–Crippen LogP) is 1.78. The largest absolute Gasteiger partial charge is 0.381 e. The summed E-state index contributed by atoms with van der Waals surface area (Å²) >= 11 is 0.